The number of aromatic nitrogens is 3. The summed E-state index contributed by atoms with van der Waals surface area (Å²) in [6.07, 6.45) is 1.31. The number of H-pyrrole nitrogens is 1. The second kappa shape index (κ2) is 6.84. The van der Waals surface area contributed by atoms with Crippen LogP contribution in [0.1, 0.15) is 19.8 Å². The van der Waals surface area contributed by atoms with Crippen LogP contribution in [0.2, 0.25) is 0 Å². The third kappa shape index (κ3) is 2.94. The molecule has 1 aliphatic heterocycles. The van der Waals surface area contributed by atoms with E-state index >= 15 is 0 Å². The van der Waals surface area contributed by atoms with Crippen molar-refractivity contribution >= 4 is 22.6 Å². The van der Waals surface area contributed by atoms with Gasteiger partial charge in [0.25, 0.3) is 5.91 Å². The zero-order valence-corrected chi connectivity index (χ0v) is 14.9. The van der Waals surface area contributed by atoms with Crippen LogP contribution in [0.25, 0.3) is 22.3 Å². The minimum Gasteiger partial charge on any atom is -0.497 e. The number of anilines is 1. The molecule has 1 aliphatic rings. The number of benzene rings is 1. The normalized spacial score (nSPS) is 16.9. The Balaban J connectivity index is 1.63. The molecule has 0 aliphatic carbocycles. The highest BCUT2D eigenvalue weighted by molar-refractivity contribution is 5.94. The van der Waals surface area contributed by atoms with Gasteiger partial charge in [-0.25, -0.2) is 0 Å². The highest BCUT2D eigenvalue weighted by Crippen LogP contribution is 2.30. The molecule has 1 atom stereocenters. The van der Waals surface area contributed by atoms with Crippen molar-refractivity contribution in [1.29, 1.82) is 0 Å². The lowest BCUT2D eigenvalue weighted by Crippen LogP contribution is -2.26. The minimum absolute atomic E-state index is 0.138. The molecular weight excluding hydrogens is 332 g/mol. The molecule has 1 aromatic carbocycles. The van der Waals surface area contributed by atoms with Crippen molar-refractivity contribution in [2.45, 2.75) is 32.4 Å². The van der Waals surface area contributed by atoms with Gasteiger partial charge in [-0.15, -0.1) is 0 Å². The summed E-state index contributed by atoms with van der Waals surface area (Å²) in [5.74, 6) is 1.19. The van der Waals surface area contributed by atoms with Gasteiger partial charge in [0.05, 0.1) is 24.0 Å². The maximum absolute atomic E-state index is 12.2. The van der Waals surface area contributed by atoms with E-state index in [1.54, 1.807) is 7.11 Å². The fourth-order valence-corrected chi connectivity index (χ4v) is 3.43. The summed E-state index contributed by atoms with van der Waals surface area (Å²) in [5, 5.41) is 11.2. The van der Waals surface area contributed by atoms with E-state index in [-0.39, 0.29) is 12.0 Å². The zero-order valence-electron chi connectivity index (χ0n) is 14.9. The number of carbonyl (C=O) groups is 1. The van der Waals surface area contributed by atoms with E-state index in [1.165, 1.54) is 0 Å². The van der Waals surface area contributed by atoms with Crippen LogP contribution in [0.15, 0.2) is 30.3 Å². The molecule has 7 heteroatoms. The smallest absolute Gasteiger partial charge is 0.254 e. The van der Waals surface area contributed by atoms with E-state index in [1.807, 2.05) is 24.3 Å². The van der Waals surface area contributed by atoms with Gasteiger partial charge < -0.3 is 19.4 Å². The summed E-state index contributed by atoms with van der Waals surface area (Å²) in [6.45, 7) is 3.55. The molecular formula is C19H22N4O3. The van der Waals surface area contributed by atoms with Crippen LogP contribution in [-0.4, -0.2) is 40.5 Å². The van der Waals surface area contributed by atoms with Crippen molar-refractivity contribution in [2.75, 3.05) is 19.0 Å². The van der Waals surface area contributed by atoms with E-state index in [4.69, 9.17) is 9.47 Å². The Morgan fingerprint density at radius 2 is 2.31 bits per heavy atom. The molecule has 2 N–H and O–H groups in total. The SMILES string of the molecule is CCn1c(-c2cc(NC(=O)[C@H]3CCCO3)n[nH]2)cc2ccc(OC)cc21. The lowest BCUT2D eigenvalue weighted by molar-refractivity contribution is -0.124. The van der Waals surface area contributed by atoms with E-state index in [0.29, 0.717) is 12.4 Å². The summed E-state index contributed by atoms with van der Waals surface area (Å²) in [5.41, 5.74) is 2.96. The maximum Gasteiger partial charge on any atom is 0.254 e. The Labute approximate surface area is 151 Å². The van der Waals surface area contributed by atoms with Crippen LogP contribution in [-0.2, 0) is 16.1 Å². The first-order chi connectivity index (χ1) is 12.7. The van der Waals surface area contributed by atoms with Gasteiger partial charge >= 0.3 is 0 Å². The molecule has 0 unspecified atom stereocenters. The Morgan fingerprint density at radius 3 is 3.04 bits per heavy atom. The number of nitrogens with one attached hydrogen (secondary N) is 2. The average Bonchev–Trinajstić information content (AvgIpc) is 3.39. The van der Waals surface area contributed by atoms with Crippen molar-refractivity contribution < 1.29 is 14.3 Å². The Kier molecular flexibility index (Phi) is 4.38. The molecule has 136 valence electrons. The Hall–Kier alpha value is -2.80. The highest BCUT2D eigenvalue weighted by atomic mass is 16.5. The molecule has 0 spiro atoms. The van der Waals surface area contributed by atoms with E-state index in [9.17, 15) is 4.79 Å². The summed E-state index contributed by atoms with van der Waals surface area (Å²) < 4.78 is 12.9. The Bertz CT molecular complexity index is 938. The number of hydrogen-bond donors (Lipinski definition) is 2. The number of carbonyl (C=O) groups excluding carboxylic acids is 1. The number of nitrogens with zero attached hydrogens (tertiary/aromatic N) is 2. The summed E-state index contributed by atoms with van der Waals surface area (Å²) in [6, 6.07) is 9.98. The quantitative estimate of drug-likeness (QED) is 0.737. The van der Waals surface area contributed by atoms with E-state index in [2.05, 4.69) is 33.1 Å². The largest absolute Gasteiger partial charge is 0.497 e. The highest BCUT2D eigenvalue weighted by Gasteiger charge is 2.24. The van der Waals surface area contributed by atoms with Gasteiger partial charge in [0.15, 0.2) is 5.82 Å². The minimum atomic E-state index is -0.371. The number of aryl methyl sites for hydroxylation is 1. The molecule has 2 aromatic heterocycles. The third-order valence-corrected chi connectivity index (χ3v) is 4.75. The molecule has 0 bridgehead atoms. The number of methoxy groups -OCH3 is 1. The number of hydrogen-bond acceptors (Lipinski definition) is 4. The van der Waals surface area contributed by atoms with Crippen LogP contribution in [0.4, 0.5) is 5.82 Å². The second-order valence-corrected chi connectivity index (χ2v) is 6.36. The van der Waals surface area contributed by atoms with Gasteiger partial charge in [0.2, 0.25) is 0 Å². The van der Waals surface area contributed by atoms with Crippen LogP contribution in [0.5, 0.6) is 5.75 Å². The number of aromatic amines is 1. The number of rotatable bonds is 5. The van der Waals surface area contributed by atoms with Crippen LogP contribution >= 0.6 is 0 Å². The van der Waals surface area contributed by atoms with E-state index < -0.39 is 0 Å². The molecule has 26 heavy (non-hydrogen) atoms. The second-order valence-electron chi connectivity index (χ2n) is 6.36. The fraction of sp³-hybridized carbons (Fsp3) is 0.368. The van der Waals surface area contributed by atoms with Crippen molar-refractivity contribution in [3.8, 4) is 17.1 Å². The molecule has 1 amide bonds. The summed E-state index contributed by atoms with van der Waals surface area (Å²) in [4.78, 5) is 12.2. The summed E-state index contributed by atoms with van der Waals surface area (Å²) in [7, 11) is 1.67. The topological polar surface area (TPSA) is 81.2 Å². The molecule has 3 heterocycles. The number of ether oxygens (including phenoxy) is 2. The van der Waals surface area contributed by atoms with Gasteiger partial charge in [0.1, 0.15) is 11.9 Å². The van der Waals surface area contributed by atoms with Gasteiger partial charge in [-0.2, -0.15) is 5.10 Å². The molecule has 3 aromatic rings. The first kappa shape index (κ1) is 16.7. The van der Waals surface area contributed by atoms with Crippen molar-refractivity contribution in [3.05, 3.63) is 30.3 Å². The molecule has 1 saturated heterocycles. The lowest BCUT2D eigenvalue weighted by atomic mass is 10.2. The monoisotopic (exact) mass is 354 g/mol. The Morgan fingerprint density at radius 1 is 1.42 bits per heavy atom. The first-order valence-electron chi connectivity index (χ1n) is 8.85. The van der Waals surface area contributed by atoms with Gasteiger partial charge in [-0.3, -0.25) is 9.89 Å². The van der Waals surface area contributed by atoms with Crippen LogP contribution < -0.4 is 10.1 Å². The molecule has 7 nitrogen and oxygen atoms in total. The predicted molar refractivity (Wildman–Crippen MR) is 99.3 cm³/mol. The van der Waals surface area contributed by atoms with Gasteiger partial charge in [0, 0.05) is 30.7 Å². The number of fused-ring (bicyclic) bond motifs is 1. The molecule has 0 saturated carbocycles. The summed E-state index contributed by atoms with van der Waals surface area (Å²) >= 11 is 0. The van der Waals surface area contributed by atoms with Crippen molar-refractivity contribution in [1.82, 2.24) is 14.8 Å². The molecule has 0 radical (unpaired) electrons. The molecule has 4 rings (SSSR count). The van der Waals surface area contributed by atoms with Gasteiger partial charge in [-0.05, 0) is 38.0 Å². The van der Waals surface area contributed by atoms with E-state index in [0.717, 1.165) is 47.4 Å². The van der Waals surface area contributed by atoms with Gasteiger partial charge in [-0.1, -0.05) is 0 Å². The van der Waals surface area contributed by atoms with Crippen molar-refractivity contribution in [2.24, 2.45) is 0 Å². The average molecular weight is 354 g/mol. The van der Waals surface area contributed by atoms with Crippen LogP contribution in [0.3, 0.4) is 0 Å². The lowest BCUT2D eigenvalue weighted by Gasteiger charge is -2.08. The molecule has 1 fully saturated rings. The first-order valence-corrected chi connectivity index (χ1v) is 8.85. The standard InChI is InChI=1S/C19H22N4O3/c1-3-23-15-10-13(25-2)7-6-12(15)9-16(23)14-11-18(22-21-14)20-19(24)17-5-4-8-26-17/h6-7,9-11,17H,3-5,8H2,1-2H3,(H2,20,21,22,24)/t17-/m1/s1. The maximum atomic E-state index is 12.2. The van der Waals surface area contributed by atoms with Crippen LogP contribution in [0, 0.1) is 0 Å². The fourth-order valence-electron chi connectivity index (χ4n) is 3.43. The zero-order chi connectivity index (χ0) is 18.1. The number of amides is 1. The van der Waals surface area contributed by atoms with Crippen molar-refractivity contribution in [3.63, 3.8) is 0 Å². The third-order valence-electron chi connectivity index (χ3n) is 4.75. The predicted octanol–water partition coefficient (Wildman–Crippen LogP) is 3.18.